The molecule has 0 aliphatic rings. The highest BCUT2D eigenvalue weighted by molar-refractivity contribution is 5.36. The monoisotopic (exact) mass is 269 g/mol. The van der Waals surface area contributed by atoms with Crippen molar-refractivity contribution in [1.82, 2.24) is 0 Å². The lowest BCUT2D eigenvalue weighted by Crippen LogP contribution is -2.25. The first-order valence-corrected chi connectivity index (χ1v) is 6.75. The summed E-state index contributed by atoms with van der Waals surface area (Å²) < 4.78 is 0. The maximum absolute atomic E-state index is 11.2. The quantitative estimate of drug-likeness (QED) is 0.619. The predicted molar refractivity (Wildman–Crippen MR) is 80.7 cm³/mol. The van der Waals surface area contributed by atoms with Gasteiger partial charge in [-0.2, -0.15) is 0 Å². The van der Waals surface area contributed by atoms with Gasteiger partial charge in [0.15, 0.2) is 0 Å². The van der Waals surface area contributed by atoms with Gasteiger partial charge in [0, 0.05) is 11.8 Å². The lowest BCUT2D eigenvalue weighted by Gasteiger charge is -2.19. The summed E-state index contributed by atoms with van der Waals surface area (Å²) in [5, 5.41) is 11.2. The Morgan fingerprint density at radius 3 is 1.50 bits per heavy atom. The lowest BCUT2D eigenvalue weighted by atomic mass is 9.85. The van der Waals surface area contributed by atoms with Gasteiger partial charge < -0.3 is 0 Å². The minimum atomic E-state index is -0.652. The van der Waals surface area contributed by atoms with Crippen LogP contribution in [0.15, 0.2) is 48.5 Å². The Kier molecular flexibility index (Phi) is 4.18. The van der Waals surface area contributed by atoms with Crippen molar-refractivity contribution in [2.75, 3.05) is 0 Å². The molecule has 20 heavy (non-hydrogen) atoms. The average molecular weight is 269 g/mol. The van der Waals surface area contributed by atoms with Crippen LogP contribution in [0, 0.1) is 24.0 Å². The summed E-state index contributed by atoms with van der Waals surface area (Å²) in [5.41, 5.74) is 4.29. The molecule has 0 aliphatic heterocycles. The van der Waals surface area contributed by atoms with Crippen LogP contribution in [-0.2, 0) is 0 Å². The van der Waals surface area contributed by atoms with Gasteiger partial charge in [-0.15, -0.1) is 0 Å². The van der Waals surface area contributed by atoms with E-state index in [0.717, 1.165) is 22.3 Å². The van der Waals surface area contributed by atoms with Gasteiger partial charge in [0.25, 0.3) is 0 Å². The minimum absolute atomic E-state index is 0.204. The third-order valence-corrected chi connectivity index (χ3v) is 3.69. The number of hydrogen-bond donors (Lipinski definition) is 0. The fourth-order valence-electron chi connectivity index (χ4n) is 2.42. The molecule has 0 amide bonds. The summed E-state index contributed by atoms with van der Waals surface area (Å²) in [6.45, 7) is 5.70. The molecule has 0 aliphatic carbocycles. The number of benzene rings is 2. The van der Waals surface area contributed by atoms with E-state index in [2.05, 4.69) is 0 Å². The summed E-state index contributed by atoms with van der Waals surface area (Å²) in [4.78, 5) is 11.0. The predicted octanol–water partition coefficient (Wildman–Crippen LogP) is 4.10. The molecule has 2 rings (SSSR count). The van der Waals surface area contributed by atoms with E-state index in [0.29, 0.717) is 0 Å². The highest BCUT2D eigenvalue weighted by Crippen LogP contribution is 2.30. The third kappa shape index (κ3) is 3.05. The Morgan fingerprint density at radius 2 is 1.20 bits per heavy atom. The molecule has 0 spiro atoms. The van der Waals surface area contributed by atoms with Crippen LogP contribution < -0.4 is 0 Å². The molecule has 2 aromatic carbocycles. The second kappa shape index (κ2) is 5.87. The van der Waals surface area contributed by atoms with Gasteiger partial charge >= 0.3 is 0 Å². The topological polar surface area (TPSA) is 43.1 Å². The molecule has 0 saturated carbocycles. The van der Waals surface area contributed by atoms with Crippen LogP contribution in [0.2, 0.25) is 0 Å². The van der Waals surface area contributed by atoms with Crippen molar-refractivity contribution in [3.63, 3.8) is 0 Å². The Morgan fingerprint density at radius 1 is 0.850 bits per heavy atom. The molecule has 1 unspecified atom stereocenters. The van der Waals surface area contributed by atoms with Crippen LogP contribution in [0.4, 0.5) is 0 Å². The van der Waals surface area contributed by atoms with Gasteiger partial charge in [0.2, 0.25) is 6.04 Å². The van der Waals surface area contributed by atoms with Crippen LogP contribution >= 0.6 is 0 Å². The van der Waals surface area contributed by atoms with Gasteiger partial charge in [-0.05, 0) is 25.0 Å². The first kappa shape index (κ1) is 14.3. The summed E-state index contributed by atoms with van der Waals surface area (Å²) in [7, 11) is 0. The van der Waals surface area contributed by atoms with Crippen molar-refractivity contribution < 1.29 is 4.92 Å². The molecule has 3 heteroatoms. The molecule has 1 atom stereocenters. The van der Waals surface area contributed by atoms with E-state index in [1.54, 1.807) is 6.92 Å². The van der Waals surface area contributed by atoms with E-state index >= 15 is 0 Å². The Hall–Kier alpha value is -2.16. The highest BCUT2D eigenvalue weighted by atomic mass is 16.6. The van der Waals surface area contributed by atoms with Gasteiger partial charge in [0.05, 0.1) is 5.92 Å². The van der Waals surface area contributed by atoms with Gasteiger partial charge in [-0.25, -0.2) is 0 Å². The van der Waals surface area contributed by atoms with E-state index in [-0.39, 0.29) is 10.8 Å². The van der Waals surface area contributed by atoms with Crippen molar-refractivity contribution in [3.05, 3.63) is 80.9 Å². The van der Waals surface area contributed by atoms with Crippen LogP contribution in [0.1, 0.15) is 35.1 Å². The summed E-state index contributed by atoms with van der Waals surface area (Å²) >= 11 is 0. The fraction of sp³-hybridized carbons (Fsp3) is 0.294. The molecule has 3 nitrogen and oxygen atoms in total. The molecule has 2 aromatic rings. The van der Waals surface area contributed by atoms with E-state index in [4.69, 9.17) is 0 Å². The number of aryl methyl sites for hydroxylation is 2. The number of hydrogen-bond acceptors (Lipinski definition) is 2. The van der Waals surface area contributed by atoms with Gasteiger partial charge in [-0.1, -0.05) is 59.7 Å². The van der Waals surface area contributed by atoms with Crippen molar-refractivity contribution in [3.8, 4) is 0 Å². The lowest BCUT2D eigenvalue weighted by molar-refractivity contribution is -0.520. The Labute approximate surface area is 119 Å². The first-order valence-electron chi connectivity index (χ1n) is 6.75. The molecule has 0 fully saturated rings. The maximum Gasteiger partial charge on any atom is 0.221 e. The van der Waals surface area contributed by atoms with Crippen molar-refractivity contribution in [2.24, 2.45) is 0 Å². The van der Waals surface area contributed by atoms with Crippen molar-refractivity contribution in [2.45, 2.75) is 32.7 Å². The number of rotatable bonds is 4. The second-order valence-electron chi connectivity index (χ2n) is 5.32. The van der Waals surface area contributed by atoms with Crippen LogP contribution in [0.25, 0.3) is 0 Å². The summed E-state index contributed by atoms with van der Waals surface area (Å²) in [6, 6.07) is 15.3. The number of nitro groups is 1. The molecule has 0 bridgehead atoms. The molecule has 0 saturated heterocycles. The molecular weight excluding hydrogens is 250 g/mol. The fourth-order valence-corrected chi connectivity index (χ4v) is 2.42. The van der Waals surface area contributed by atoms with E-state index in [9.17, 15) is 10.1 Å². The van der Waals surface area contributed by atoms with E-state index in [1.807, 2.05) is 62.4 Å². The van der Waals surface area contributed by atoms with Crippen LogP contribution in [0.5, 0.6) is 0 Å². The normalized spacial score (nSPS) is 12.4. The molecule has 0 heterocycles. The number of nitrogens with zero attached hydrogens (tertiary/aromatic N) is 1. The first-order chi connectivity index (χ1) is 9.49. The average Bonchev–Trinajstić information content (AvgIpc) is 2.43. The van der Waals surface area contributed by atoms with Gasteiger partial charge in [0.1, 0.15) is 0 Å². The third-order valence-electron chi connectivity index (χ3n) is 3.69. The van der Waals surface area contributed by atoms with Crippen molar-refractivity contribution in [1.29, 1.82) is 0 Å². The highest BCUT2D eigenvalue weighted by Gasteiger charge is 2.29. The van der Waals surface area contributed by atoms with Crippen LogP contribution in [0.3, 0.4) is 0 Å². The smallest absolute Gasteiger partial charge is 0.221 e. The van der Waals surface area contributed by atoms with E-state index < -0.39 is 6.04 Å². The molecule has 0 aromatic heterocycles. The standard InChI is InChI=1S/C17H19NO2/c1-12-4-8-15(9-5-12)17(14(3)18(19)20)16-10-6-13(2)7-11-16/h4-11,14,17H,1-3H3. The summed E-state index contributed by atoms with van der Waals surface area (Å²) in [5.74, 6) is -0.216. The molecule has 0 radical (unpaired) electrons. The van der Waals surface area contributed by atoms with Crippen molar-refractivity contribution >= 4 is 0 Å². The zero-order valence-corrected chi connectivity index (χ0v) is 12.0. The maximum atomic E-state index is 11.2. The minimum Gasteiger partial charge on any atom is -0.264 e. The SMILES string of the molecule is Cc1ccc(C(c2ccc(C)cc2)C(C)[N+](=O)[O-])cc1. The molecular formula is C17H19NO2. The molecule has 104 valence electrons. The second-order valence-corrected chi connectivity index (χ2v) is 5.32. The molecule has 0 N–H and O–H groups in total. The Bertz CT molecular complexity index is 542. The zero-order valence-electron chi connectivity index (χ0n) is 12.0. The zero-order chi connectivity index (χ0) is 14.7. The Balaban J connectivity index is 2.46. The van der Waals surface area contributed by atoms with Gasteiger partial charge in [-0.3, -0.25) is 10.1 Å². The largest absolute Gasteiger partial charge is 0.264 e. The van der Waals surface area contributed by atoms with Crippen LogP contribution in [-0.4, -0.2) is 11.0 Å². The summed E-state index contributed by atoms with van der Waals surface area (Å²) in [6.07, 6.45) is 0. The van der Waals surface area contributed by atoms with E-state index in [1.165, 1.54) is 0 Å².